The predicted molar refractivity (Wildman–Crippen MR) is 71.2 cm³/mol. The number of hydrogen-bond donors (Lipinski definition) is 1. The zero-order valence-electron chi connectivity index (χ0n) is 12.2. The number of urea groups is 1. The lowest BCUT2D eigenvalue weighted by Gasteiger charge is -2.38. The molecule has 114 valence electrons. The monoisotopic (exact) mass is 286 g/mol. The number of carboxylic acid groups (broad SMARTS) is 1. The molecule has 20 heavy (non-hydrogen) atoms. The van der Waals surface area contributed by atoms with E-state index in [0.717, 1.165) is 0 Å². The summed E-state index contributed by atoms with van der Waals surface area (Å²) in [7, 11) is 2.93. The molecule has 1 rings (SSSR count). The molecule has 0 aromatic rings. The summed E-state index contributed by atoms with van der Waals surface area (Å²) in [6.07, 6.45) is 1.04. The second kappa shape index (κ2) is 6.58. The molecule has 0 aliphatic carbocycles. The average Bonchev–Trinajstić information content (AvgIpc) is 2.44. The molecule has 1 saturated heterocycles. The SMILES string of the molecule is COC(=O)CCN(C)C(=O)N1CCC(C)(C(=O)O)CC1. The molecule has 0 atom stereocenters. The van der Waals surface area contributed by atoms with E-state index in [-0.39, 0.29) is 25.0 Å². The number of carboxylic acids is 1. The molecule has 7 heteroatoms. The second-order valence-electron chi connectivity index (χ2n) is 5.38. The third-order valence-corrected chi connectivity index (χ3v) is 3.86. The Labute approximate surface area is 118 Å². The minimum Gasteiger partial charge on any atom is -0.481 e. The highest BCUT2D eigenvalue weighted by atomic mass is 16.5. The number of esters is 1. The van der Waals surface area contributed by atoms with E-state index < -0.39 is 11.4 Å². The van der Waals surface area contributed by atoms with E-state index in [2.05, 4.69) is 4.74 Å². The summed E-state index contributed by atoms with van der Waals surface area (Å²) in [5.74, 6) is -1.18. The van der Waals surface area contributed by atoms with Gasteiger partial charge in [0.2, 0.25) is 0 Å². The molecule has 0 unspecified atom stereocenters. The number of likely N-dealkylation sites (tertiary alicyclic amines) is 1. The molecule has 0 spiro atoms. The lowest BCUT2D eigenvalue weighted by molar-refractivity contribution is -0.150. The van der Waals surface area contributed by atoms with Gasteiger partial charge in [-0.1, -0.05) is 0 Å². The lowest BCUT2D eigenvalue weighted by atomic mass is 9.80. The number of ether oxygens (including phenoxy) is 1. The normalized spacial score (nSPS) is 17.4. The number of rotatable bonds is 4. The zero-order valence-corrected chi connectivity index (χ0v) is 12.2. The molecule has 7 nitrogen and oxygen atoms in total. The molecule has 1 heterocycles. The first-order valence-electron chi connectivity index (χ1n) is 6.60. The Morgan fingerprint density at radius 3 is 2.30 bits per heavy atom. The largest absolute Gasteiger partial charge is 0.481 e. The first-order chi connectivity index (χ1) is 9.30. The number of carbonyl (C=O) groups excluding carboxylic acids is 2. The van der Waals surface area contributed by atoms with Gasteiger partial charge in [-0.25, -0.2) is 4.79 Å². The Hall–Kier alpha value is -1.79. The summed E-state index contributed by atoms with van der Waals surface area (Å²) in [4.78, 5) is 37.4. The van der Waals surface area contributed by atoms with Gasteiger partial charge in [0.1, 0.15) is 0 Å². The van der Waals surface area contributed by atoms with E-state index in [9.17, 15) is 14.4 Å². The maximum Gasteiger partial charge on any atom is 0.319 e. The van der Waals surface area contributed by atoms with Crippen LogP contribution in [-0.2, 0) is 14.3 Å². The Morgan fingerprint density at radius 2 is 1.85 bits per heavy atom. The van der Waals surface area contributed by atoms with E-state index in [1.165, 1.54) is 12.0 Å². The van der Waals surface area contributed by atoms with Gasteiger partial charge in [0.25, 0.3) is 0 Å². The third-order valence-electron chi connectivity index (χ3n) is 3.86. The smallest absolute Gasteiger partial charge is 0.319 e. The van der Waals surface area contributed by atoms with E-state index >= 15 is 0 Å². The number of hydrogen-bond acceptors (Lipinski definition) is 4. The molecule has 0 aromatic carbocycles. The van der Waals surface area contributed by atoms with Crippen molar-refractivity contribution in [2.75, 3.05) is 33.8 Å². The highest BCUT2D eigenvalue weighted by Gasteiger charge is 2.38. The van der Waals surface area contributed by atoms with Gasteiger partial charge < -0.3 is 19.6 Å². The summed E-state index contributed by atoms with van der Waals surface area (Å²) in [5, 5.41) is 9.14. The molecule has 1 fully saturated rings. The van der Waals surface area contributed by atoms with E-state index in [4.69, 9.17) is 5.11 Å². The van der Waals surface area contributed by atoms with E-state index in [1.54, 1.807) is 18.9 Å². The van der Waals surface area contributed by atoms with Crippen LogP contribution in [0.1, 0.15) is 26.2 Å². The predicted octanol–water partition coefficient (Wildman–Crippen LogP) is 0.788. The van der Waals surface area contributed by atoms with Crippen LogP contribution in [0.15, 0.2) is 0 Å². The molecule has 1 N–H and O–H groups in total. The maximum absolute atomic E-state index is 12.1. The summed E-state index contributed by atoms with van der Waals surface area (Å²) in [5.41, 5.74) is -0.749. The van der Waals surface area contributed by atoms with Crippen LogP contribution in [0.4, 0.5) is 4.79 Å². The third kappa shape index (κ3) is 3.85. The number of aliphatic carboxylic acids is 1. The number of amides is 2. The fourth-order valence-corrected chi connectivity index (χ4v) is 2.10. The van der Waals surface area contributed by atoms with E-state index in [0.29, 0.717) is 25.9 Å². The summed E-state index contributed by atoms with van der Waals surface area (Å²) < 4.78 is 4.52. The van der Waals surface area contributed by atoms with Crippen LogP contribution in [0.2, 0.25) is 0 Å². The summed E-state index contributed by atoms with van der Waals surface area (Å²) in [6.45, 7) is 2.84. The minimum absolute atomic E-state index is 0.152. The highest BCUT2D eigenvalue weighted by molar-refractivity contribution is 5.77. The molecule has 2 amide bonds. The van der Waals surface area contributed by atoms with Gasteiger partial charge in [0, 0.05) is 26.7 Å². The van der Waals surface area contributed by atoms with Crippen LogP contribution in [-0.4, -0.2) is 66.7 Å². The van der Waals surface area contributed by atoms with Gasteiger partial charge in [-0.2, -0.15) is 0 Å². The van der Waals surface area contributed by atoms with Crippen molar-refractivity contribution in [1.82, 2.24) is 9.80 Å². The summed E-state index contributed by atoms with van der Waals surface area (Å²) >= 11 is 0. The van der Waals surface area contributed by atoms with Crippen molar-refractivity contribution in [2.24, 2.45) is 5.41 Å². The topological polar surface area (TPSA) is 87.2 Å². The zero-order chi connectivity index (χ0) is 15.3. The number of nitrogens with zero attached hydrogens (tertiary/aromatic N) is 2. The van der Waals surface area contributed by atoms with Crippen LogP contribution < -0.4 is 0 Å². The first kappa shape index (κ1) is 16.3. The Kier molecular flexibility index (Phi) is 5.35. The average molecular weight is 286 g/mol. The van der Waals surface area contributed by atoms with Crippen LogP contribution in [0.5, 0.6) is 0 Å². The molecule has 1 aliphatic rings. The Balaban J connectivity index is 2.46. The fourth-order valence-electron chi connectivity index (χ4n) is 2.10. The first-order valence-corrected chi connectivity index (χ1v) is 6.60. The molecular formula is C13H22N2O5. The van der Waals surface area contributed by atoms with Gasteiger partial charge in [-0.15, -0.1) is 0 Å². The Bertz CT molecular complexity index is 388. The van der Waals surface area contributed by atoms with Gasteiger partial charge in [-0.05, 0) is 19.8 Å². The van der Waals surface area contributed by atoms with Crippen LogP contribution in [0.3, 0.4) is 0 Å². The molecule has 0 radical (unpaired) electrons. The van der Waals surface area contributed by atoms with Crippen molar-refractivity contribution >= 4 is 18.0 Å². The van der Waals surface area contributed by atoms with Crippen molar-refractivity contribution in [3.63, 3.8) is 0 Å². The molecular weight excluding hydrogens is 264 g/mol. The standard InChI is InChI=1S/C13H22N2O5/c1-13(11(17)18)5-8-15(9-6-13)12(19)14(2)7-4-10(16)20-3/h4-9H2,1-3H3,(H,17,18). The van der Waals surface area contributed by atoms with Crippen molar-refractivity contribution in [3.05, 3.63) is 0 Å². The van der Waals surface area contributed by atoms with Gasteiger partial charge in [0.15, 0.2) is 0 Å². The highest BCUT2D eigenvalue weighted by Crippen LogP contribution is 2.31. The molecule has 0 aromatic heterocycles. The maximum atomic E-state index is 12.1. The van der Waals surface area contributed by atoms with Gasteiger partial charge in [-0.3, -0.25) is 9.59 Å². The summed E-state index contributed by atoms with van der Waals surface area (Å²) in [6, 6.07) is -0.179. The van der Waals surface area contributed by atoms with Gasteiger partial charge in [0.05, 0.1) is 18.9 Å². The minimum atomic E-state index is -0.816. The molecule has 1 aliphatic heterocycles. The fraction of sp³-hybridized carbons (Fsp3) is 0.769. The van der Waals surface area contributed by atoms with Crippen LogP contribution >= 0.6 is 0 Å². The number of piperidine rings is 1. The van der Waals surface area contributed by atoms with Crippen LogP contribution in [0.25, 0.3) is 0 Å². The van der Waals surface area contributed by atoms with Crippen molar-refractivity contribution in [2.45, 2.75) is 26.2 Å². The van der Waals surface area contributed by atoms with Crippen molar-refractivity contribution in [3.8, 4) is 0 Å². The lowest BCUT2D eigenvalue weighted by Crippen LogP contribution is -2.49. The van der Waals surface area contributed by atoms with Crippen LogP contribution in [0, 0.1) is 5.41 Å². The number of methoxy groups -OCH3 is 1. The van der Waals surface area contributed by atoms with Crippen molar-refractivity contribution in [1.29, 1.82) is 0 Å². The van der Waals surface area contributed by atoms with E-state index in [1.807, 2.05) is 0 Å². The van der Waals surface area contributed by atoms with Crippen molar-refractivity contribution < 1.29 is 24.2 Å². The van der Waals surface area contributed by atoms with Gasteiger partial charge >= 0.3 is 18.0 Å². The Morgan fingerprint density at radius 1 is 1.30 bits per heavy atom. The second-order valence-corrected chi connectivity index (χ2v) is 5.38. The molecule has 0 bridgehead atoms. The number of carbonyl (C=O) groups is 3. The molecule has 0 saturated carbocycles. The quantitative estimate of drug-likeness (QED) is 0.772.